The van der Waals surface area contributed by atoms with Gasteiger partial charge in [-0.15, -0.1) is 0 Å². The molecule has 0 saturated heterocycles. The number of para-hydroxylation sites is 1. The molecular formula is C30H29FN6O. The predicted octanol–water partition coefficient (Wildman–Crippen LogP) is 6.23. The lowest BCUT2D eigenvalue weighted by atomic mass is 10.0. The number of carbonyl (C=O) groups excluding carboxylic acids is 1. The molecule has 0 saturated carbocycles. The minimum absolute atomic E-state index is 0.0578. The Bertz CT molecular complexity index is 1610. The van der Waals surface area contributed by atoms with Crippen molar-refractivity contribution in [1.82, 2.24) is 24.8 Å². The molecule has 0 aliphatic rings. The van der Waals surface area contributed by atoms with Gasteiger partial charge in [0, 0.05) is 36.4 Å². The Balaban J connectivity index is 1.54. The number of amides is 1. The average molecular weight is 509 g/mol. The number of H-pyrrole nitrogens is 1. The van der Waals surface area contributed by atoms with Crippen LogP contribution in [0, 0.1) is 12.7 Å². The summed E-state index contributed by atoms with van der Waals surface area (Å²) >= 11 is 0. The van der Waals surface area contributed by atoms with E-state index in [1.807, 2.05) is 56.3 Å². The van der Waals surface area contributed by atoms with Gasteiger partial charge in [-0.2, -0.15) is 0 Å². The maximum Gasteiger partial charge on any atom is 0.255 e. The highest BCUT2D eigenvalue weighted by Crippen LogP contribution is 2.31. The number of imidazole rings is 1. The topological polar surface area (TPSA) is 86.8 Å². The molecule has 3 aromatic heterocycles. The highest BCUT2D eigenvalue weighted by molar-refractivity contribution is 5.98. The van der Waals surface area contributed by atoms with Crippen molar-refractivity contribution in [2.75, 3.05) is 18.9 Å². The largest absolute Gasteiger partial charge is 0.375 e. The quantitative estimate of drug-likeness (QED) is 0.260. The second kappa shape index (κ2) is 10.8. The number of hydrogen-bond acceptors (Lipinski definition) is 5. The van der Waals surface area contributed by atoms with E-state index in [1.54, 1.807) is 36.3 Å². The van der Waals surface area contributed by atoms with Crippen LogP contribution in [0.3, 0.4) is 0 Å². The summed E-state index contributed by atoms with van der Waals surface area (Å²) in [6.07, 6.45) is 2.51. The second-order valence-electron chi connectivity index (χ2n) is 9.26. The van der Waals surface area contributed by atoms with Crippen LogP contribution in [0.2, 0.25) is 0 Å². The van der Waals surface area contributed by atoms with Crippen molar-refractivity contribution >= 4 is 22.5 Å². The van der Waals surface area contributed by atoms with Gasteiger partial charge in [0.2, 0.25) is 0 Å². The molecular weight excluding hydrogens is 479 g/mol. The second-order valence-corrected chi connectivity index (χ2v) is 9.26. The number of nitrogens with zero attached hydrogens (tertiary/aromatic N) is 4. The van der Waals surface area contributed by atoms with Crippen molar-refractivity contribution < 1.29 is 9.18 Å². The van der Waals surface area contributed by atoms with Gasteiger partial charge < -0.3 is 15.2 Å². The third kappa shape index (κ3) is 5.25. The van der Waals surface area contributed by atoms with Crippen LogP contribution >= 0.6 is 0 Å². The fraction of sp³-hybridized carbons (Fsp3) is 0.200. The molecule has 5 rings (SSSR count). The van der Waals surface area contributed by atoms with Gasteiger partial charge in [0.1, 0.15) is 11.6 Å². The van der Waals surface area contributed by atoms with Crippen molar-refractivity contribution in [3.05, 3.63) is 95.8 Å². The van der Waals surface area contributed by atoms with E-state index in [-0.39, 0.29) is 11.7 Å². The molecule has 5 aromatic rings. The number of hydrogen-bond donors (Lipinski definition) is 2. The number of nitrogens with one attached hydrogen (secondary N) is 2. The monoisotopic (exact) mass is 508 g/mol. The zero-order valence-electron chi connectivity index (χ0n) is 21.6. The fourth-order valence-corrected chi connectivity index (χ4v) is 4.42. The first kappa shape index (κ1) is 25.1. The Morgan fingerprint density at radius 3 is 2.68 bits per heavy atom. The zero-order valence-corrected chi connectivity index (χ0v) is 21.6. The molecule has 192 valence electrons. The molecule has 2 aromatic carbocycles. The molecule has 0 aliphatic carbocycles. The molecule has 0 radical (unpaired) electrons. The summed E-state index contributed by atoms with van der Waals surface area (Å²) in [6.45, 7) is 4.97. The number of anilines is 1. The number of halogens is 1. The highest BCUT2D eigenvalue weighted by Gasteiger charge is 2.17. The van der Waals surface area contributed by atoms with Crippen LogP contribution < -0.4 is 5.32 Å². The number of fused-ring (bicyclic) bond motifs is 1. The van der Waals surface area contributed by atoms with E-state index in [4.69, 9.17) is 9.97 Å². The Labute approximate surface area is 220 Å². The van der Waals surface area contributed by atoms with Crippen LogP contribution in [-0.4, -0.2) is 44.3 Å². The number of aryl methyl sites for hydroxylation is 1. The van der Waals surface area contributed by atoms with Crippen LogP contribution in [0.1, 0.15) is 35.2 Å². The first-order chi connectivity index (χ1) is 18.4. The fourth-order valence-electron chi connectivity index (χ4n) is 4.42. The van der Waals surface area contributed by atoms with Crippen LogP contribution in [0.5, 0.6) is 0 Å². The van der Waals surface area contributed by atoms with Gasteiger partial charge in [-0.25, -0.2) is 9.37 Å². The predicted molar refractivity (Wildman–Crippen MR) is 148 cm³/mol. The molecule has 1 amide bonds. The lowest BCUT2D eigenvalue weighted by molar-refractivity contribution is 0.0795. The molecule has 38 heavy (non-hydrogen) atoms. The maximum atomic E-state index is 14.1. The van der Waals surface area contributed by atoms with Crippen molar-refractivity contribution in [2.45, 2.75) is 26.8 Å². The molecule has 3 heterocycles. The minimum atomic E-state index is -0.322. The zero-order chi connectivity index (χ0) is 26.6. The summed E-state index contributed by atoms with van der Waals surface area (Å²) in [5, 5.41) is 3.96. The van der Waals surface area contributed by atoms with E-state index in [9.17, 15) is 9.18 Å². The molecule has 7 nitrogen and oxygen atoms in total. The Hall–Kier alpha value is -4.59. The van der Waals surface area contributed by atoms with Crippen LogP contribution in [0.4, 0.5) is 10.1 Å². The van der Waals surface area contributed by atoms with Gasteiger partial charge >= 0.3 is 0 Å². The van der Waals surface area contributed by atoms with Crippen LogP contribution in [0.25, 0.3) is 33.5 Å². The number of rotatable bonds is 8. The molecule has 0 atom stereocenters. The summed E-state index contributed by atoms with van der Waals surface area (Å²) in [4.78, 5) is 32.0. The van der Waals surface area contributed by atoms with Crippen molar-refractivity contribution in [2.24, 2.45) is 0 Å². The molecule has 8 heteroatoms. The molecule has 0 fully saturated rings. The SMILES string of the molecule is CCCN(C)C(=O)c1cnc2ccc(-c3nc(CNc4ccccc4F)[nH]c3-c3cccc(C)n3)cc2c1. The molecule has 2 N–H and O–H groups in total. The standard InChI is InChI=1S/C30H29FN6O/c1-4-14-37(3)30(38)22-16-21-15-20(12-13-24(21)32-17-22)28-29(26-11-7-8-19(2)34-26)36-27(35-28)18-33-25-10-6-5-9-23(25)31/h5-13,15-17,33H,4,14,18H2,1-3H3,(H,35,36). The van der Waals surface area contributed by atoms with Gasteiger partial charge in [-0.3, -0.25) is 14.8 Å². The summed E-state index contributed by atoms with van der Waals surface area (Å²) in [7, 11) is 1.80. The first-order valence-electron chi connectivity index (χ1n) is 12.6. The van der Waals surface area contributed by atoms with Gasteiger partial charge in [0.05, 0.1) is 40.4 Å². The Morgan fingerprint density at radius 2 is 1.89 bits per heavy atom. The number of benzene rings is 2. The number of pyridine rings is 2. The van der Waals surface area contributed by atoms with Gasteiger partial charge in [-0.1, -0.05) is 31.2 Å². The lowest BCUT2D eigenvalue weighted by Gasteiger charge is -2.16. The van der Waals surface area contributed by atoms with Crippen LogP contribution in [0.15, 0.2) is 72.9 Å². The van der Waals surface area contributed by atoms with Crippen LogP contribution in [-0.2, 0) is 6.54 Å². The van der Waals surface area contributed by atoms with Crippen molar-refractivity contribution in [3.8, 4) is 22.6 Å². The van der Waals surface area contributed by atoms with Crippen molar-refractivity contribution in [3.63, 3.8) is 0 Å². The highest BCUT2D eigenvalue weighted by atomic mass is 19.1. The Kier molecular flexibility index (Phi) is 7.13. The third-order valence-electron chi connectivity index (χ3n) is 6.32. The van der Waals surface area contributed by atoms with E-state index < -0.39 is 0 Å². The van der Waals surface area contributed by atoms with Gasteiger partial charge in [0.15, 0.2) is 0 Å². The first-order valence-corrected chi connectivity index (χ1v) is 12.6. The maximum absolute atomic E-state index is 14.1. The van der Waals surface area contributed by atoms with Gasteiger partial charge in [-0.05, 0) is 55.8 Å². The van der Waals surface area contributed by atoms with E-state index in [1.165, 1.54) is 6.07 Å². The summed E-state index contributed by atoms with van der Waals surface area (Å²) in [5.41, 5.74) is 5.72. The number of carbonyl (C=O) groups is 1. The summed E-state index contributed by atoms with van der Waals surface area (Å²) in [5.74, 6) is 0.263. The third-order valence-corrected chi connectivity index (χ3v) is 6.32. The smallest absolute Gasteiger partial charge is 0.255 e. The van der Waals surface area contributed by atoms with Gasteiger partial charge in [0.25, 0.3) is 5.91 Å². The normalized spacial score (nSPS) is 11.1. The minimum Gasteiger partial charge on any atom is -0.375 e. The van der Waals surface area contributed by atoms with E-state index in [2.05, 4.69) is 15.3 Å². The van der Waals surface area contributed by atoms with Crippen molar-refractivity contribution in [1.29, 1.82) is 0 Å². The summed E-state index contributed by atoms with van der Waals surface area (Å²) in [6, 6.07) is 20.1. The van der Waals surface area contributed by atoms with E-state index in [0.29, 0.717) is 30.2 Å². The molecule has 0 unspecified atom stereocenters. The molecule has 0 spiro atoms. The summed E-state index contributed by atoms with van der Waals surface area (Å²) < 4.78 is 14.1. The molecule has 0 aliphatic heterocycles. The number of aromatic amines is 1. The Morgan fingerprint density at radius 1 is 1.05 bits per heavy atom. The number of aromatic nitrogens is 4. The lowest BCUT2D eigenvalue weighted by Crippen LogP contribution is -2.27. The van der Waals surface area contributed by atoms with E-state index in [0.717, 1.165) is 45.7 Å². The molecule has 0 bridgehead atoms. The van der Waals surface area contributed by atoms with E-state index >= 15 is 0 Å². The average Bonchev–Trinajstić information content (AvgIpc) is 3.36.